The van der Waals surface area contributed by atoms with Crippen LogP contribution in [-0.4, -0.2) is 26.4 Å². The highest BCUT2D eigenvalue weighted by molar-refractivity contribution is 7.99. The topological polar surface area (TPSA) is 55.1 Å². The molecule has 0 bridgehead atoms. The average molecular weight is 292 g/mol. The zero-order chi connectivity index (χ0) is 14.5. The van der Waals surface area contributed by atoms with Crippen LogP contribution in [0.4, 0.5) is 0 Å². The van der Waals surface area contributed by atoms with Crippen LogP contribution in [0.5, 0.6) is 0 Å². The fourth-order valence-electron chi connectivity index (χ4n) is 2.11. The van der Waals surface area contributed by atoms with Crippen molar-refractivity contribution in [1.29, 1.82) is 0 Å². The molecule has 0 saturated carbocycles. The highest BCUT2D eigenvalue weighted by atomic mass is 32.2. The smallest absolute Gasteiger partial charge is 0.303 e. The molecule has 0 atom stereocenters. The van der Waals surface area contributed by atoms with Gasteiger partial charge in [-0.05, 0) is 37.0 Å². The molecule has 20 heavy (non-hydrogen) atoms. The number of benzene rings is 1. The summed E-state index contributed by atoms with van der Waals surface area (Å²) >= 11 is 1.70. The summed E-state index contributed by atoms with van der Waals surface area (Å²) in [5.74, 6) is 0.190. The van der Waals surface area contributed by atoms with Gasteiger partial charge >= 0.3 is 5.97 Å². The van der Waals surface area contributed by atoms with E-state index < -0.39 is 5.97 Å². The number of carboxylic acid groups (broad SMARTS) is 1. The van der Waals surface area contributed by atoms with Gasteiger partial charge in [0, 0.05) is 19.2 Å². The van der Waals surface area contributed by atoms with Crippen molar-refractivity contribution in [3.8, 4) is 0 Å². The molecule has 0 spiro atoms. The lowest BCUT2D eigenvalue weighted by atomic mass is 10.1. The minimum Gasteiger partial charge on any atom is -0.481 e. The van der Waals surface area contributed by atoms with Gasteiger partial charge in [0.05, 0.1) is 11.0 Å². The first-order chi connectivity index (χ1) is 9.61. The Morgan fingerprint density at radius 3 is 2.90 bits per heavy atom. The molecule has 4 nitrogen and oxygen atoms in total. The lowest BCUT2D eigenvalue weighted by Crippen LogP contribution is -1.95. The van der Waals surface area contributed by atoms with Crippen LogP contribution in [0.25, 0.3) is 11.0 Å². The van der Waals surface area contributed by atoms with Gasteiger partial charge < -0.3 is 9.67 Å². The van der Waals surface area contributed by atoms with E-state index in [9.17, 15) is 4.79 Å². The lowest BCUT2D eigenvalue weighted by molar-refractivity contribution is -0.137. The monoisotopic (exact) mass is 292 g/mol. The molecule has 0 saturated heterocycles. The number of rotatable bonds is 7. The Morgan fingerprint density at radius 1 is 1.40 bits per heavy atom. The Hall–Kier alpha value is -1.49. The molecule has 2 aromatic rings. The van der Waals surface area contributed by atoms with Gasteiger partial charge in [-0.25, -0.2) is 4.98 Å². The Labute approximate surface area is 123 Å². The second-order valence-electron chi connectivity index (χ2n) is 4.83. The number of aliphatic carboxylic acids is 1. The predicted molar refractivity (Wildman–Crippen MR) is 82.3 cm³/mol. The van der Waals surface area contributed by atoms with Crippen molar-refractivity contribution in [2.45, 2.75) is 37.8 Å². The number of imidazole rings is 1. The first-order valence-corrected chi connectivity index (χ1v) is 7.90. The Bertz CT molecular complexity index is 607. The number of nitrogens with zero attached hydrogens (tertiary/aromatic N) is 2. The maximum atomic E-state index is 10.4. The second kappa shape index (κ2) is 6.79. The molecular weight excluding hydrogens is 272 g/mol. The fourth-order valence-corrected chi connectivity index (χ4v) is 3.10. The number of fused-ring (bicyclic) bond motifs is 1. The van der Waals surface area contributed by atoms with Gasteiger partial charge in [-0.2, -0.15) is 0 Å². The maximum absolute atomic E-state index is 10.4. The minimum atomic E-state index is -0.718. The molecule has 2 rings (SSSR count). The largest absolute Gasteiger partial charge is 0.481 e. The number of carboxylic acids is 1. The van der Waals surface area contributed by atoms with Crippen LogP contribution < -0.4 is 0 Å². The third-order valence-electron chi connectivity index (χ3n) is 3.33. The van der Waals surface area contributed by atoms with Gasteiger partial charge in [-0.15, -0.1) is 0 Å². The van der Waals surface area contributed by atoms with Gasteiger partial charge in [-0.1, -0.05) is 24.8 Å². The number of aromatic nitrogens is 2. The number of hydrogen-bond donors (Lipinski definition) is 1. The van der Waals surface area contributed by atoms with Crippen molar-refractivity contribution < 1.29 is 9.90 Å². The van der Waals surface area contributed by atoms with Gasteiger partial charge in [0.15, 0.2) is 5.16 Å². The predicted octanol–water partition coefficient (Wildman–Crippen LogP) is 3.48. The summed E-state index contributed by atoms with van der Waals surface area (Å²) in [5, 5.41) is 9.60. The van der Waals surface area contributed by atoms with E-state index in [0.717, 1.165) is 41.2 Å². The molecular formula is C15H20N2O2S. The quantitative estimate of drug-likeness (QED) is 0.627. The highest BCUT2D eigenvalue weighted by Crippen LogP contribution is 2.24. The Kier molecular flexibility index (Phi) is 5.06. The average Bonchev–Trinajstić information content (AvgIpc) is 2.74. The molecule has 0 aliphatic rings. The summed E-state index contributed by atoms with van der Waals surface area (Å²) in [4.78, 5) is 15.1. The van der Waals surface area contributed by atoms with Crippen LogP contribution in [0.3, 0.4) is 0 Å². The first kappa shape index (κ1) is 14.9. The van der Waals surface area contributed by atoms with Crippen molar-refractivity contribution in [3.63, 3.8) is 0 Å². The number of carbonyl (C=O) groups is 1. The molecule has 1 N–H and O–H groups in total. The molecule has 5 heteroatoms. The normalized spacial score (nSPS) is 11.1. The molecule has 1 heterocycles. The van der Waals surface area contributed by atoms with E-state index in [4.69, 9.17) is 5.11 Å². The zero-order valence-corrected chi connectivity index (χ0v) is 12.7. The summed E-state index contributed by atoms with van der Waals surface area (Å²) in [7, 11) is 2.03. The summed E-state index contributed by atoms with van der Waals surface area (Å²) in [5.41, 5.74) is 3.49. The van der Waals surface area contributed by atoms with E-state index in [1.807, 2.05) is 7.05 Å². The molecule has 0 aliphatic carbocycles. The first-order valence-electron chi connectivity index (χ1n) is 6.91. The van der Waals surface area contributed by atoms with Gasteiger partial charge in [-0.3, -0.25) is 4.79 Å². The van der Waals surface area contributed by atoms with Crippen LogP contribution in [0, 0.1) is 0 Å². The fraction of sp³-hybridized carbons (Fsp3) is 0.467. The van der Waals surface area contributed by atoms with Crippen LogP contribution in [0.1, 0.15) is 31.7 Å². The number of hydrogen-bond acceptors (Lipinski definition) is 3. The van der Waals surface area contributed by atoms with Crippen molar-refractivity contribution in [1.82, 2.24) is 9.55 Å². The highest BCUT2D eigenvalue weighted by Gasteiger charge is 2.08. The standard InChI is InChI=1S/C15H20N2O2S/c1-3-11-7-8-13-12(10-11)16-15(17(13)2)20-9-5-4-6-14(18)19/h7-8,10H,3-6,9H2,1-2H3,(H,18,19). The number of aryl methyl sites for hydroxylation is 2. The zero-order valence-electron chi connectivity index (χ0n) is 11.9. The van der Waals surface area contributed by atoms with E-state index in [1.54, 1.807) is 11.8 Å². The van der Waals surface area contributed by atoms with Crippen LogP contribution in [0.2, 0.25) is 0 Å². The lowest BCUT2D eigenvalue weighted by Gasteiger charge is -2.01. The van der Waals surface area contributed by atoms with Crippen LogP contribution >= 0.6 is 11.8 Å². The Morgan fingerprint density at radius 2 is 2.20 bits per heavy atom. The molecule has 108 valence electrons. The molecule has 0 fully saturated rings. The molecule has 1 aromatic heterocycles. The van der Waals surface area contributed by atoms with E-state index in [-0.39, 0.29) is 6.42 Å². The third-order valence-corrected chi connectivity index (χ3v) is 4.44. The van der Waals surface area contributed by atoms with Crippen LogP contribution in [0.15, 0.2) is 23.4 Å². The molecule has 0 radical (unpaired) electrons. The summed E-state index contributed by atoms with van der Waals surface area (Å²) in [6, 6.07) is 6.41. The Balaban J connectivity index is 1.99. The molecule has 0 unspecified atom stereocenters. The van der Waals surface area contributed by atoms with Crippen molar-refractivity contribution in [3.05, 3.63) is 23.8 Å². The van der Waals surface area contributed by atoms with E-state index in [2.05, 4.69) is 34.7 Å². The van der Waals surface area contributed by atoms with E-state index in [1.165, 1.54) is 5.56 Å². The van der Waals surface area contributed by atoms with E-state index >= 15 is 0 Å². The SMILES string of the molecule is CCc1ccc2c(c1)nc(SCCCCC(=O)O)n2C. The molecule has 0 aliphatic heterocycles. The second-order valence-corrected chi connectivity index (χ2v) is 5.89. The van der Waals surface area contributed by atoms with Crippen molar-refractivity contribution in [2.24, 2.45) is 7.05 Å². The van der Waals surface area contributed by atoms with Gasteiger partial charge in [0.25, 0.3) is 0 Å². The van der Waals surface area contributed by atoms with Gasteiger partial charge in [0.1, 0.15) is 0 Å². The maximum Gasteiger partial charge on any atom is 0.303 e. The molecule has 1 aromatic carbocycles. The summed E-state index contributed by atoms with van der Waals surface area (Å²) < 4.78 is 2.11. The summed E-state index contributed by atoms with van der Waals surface area (Å²) in [6.07, 6.45) is 2.90. The van der Waals surface area contributed by atoms with Crippen molar-refractivity contribution >= 4 is 28.8 Å². The number of unbranched alkanes of at least 4 members (excludes halogenated alkanes) is 1. The third kappa shape index (κ3) is 3.54. The molecule has 0 amide bonds. The minimum absolute atomic E-state index is 0.253. The van der Waals surface area contributed by atoms with E-state index in [0.29, 0.717) is 0 Å². The van der Waals surface area contributed by atoms with Crippen molar-refractivity contribution in [2.75, 3.05) is 5.75 Å². The van der Waals surface area contributed by atoms with Gasteiger partial charge in [0.2, 0.25) is 0 Å². The number of thioether (sulfide) groups is 1. The summed E-state index contributed by atoms with van der Waals surface area (Å²) in [6.45, 7) is 2.14. The van der Waals surface area contributed by atoms with Crippen LogP contribution in [-0.2, 0) is 18.3 Å².